The first kappa shape index (κ1) is 26.1. The van der Waals surface area contributed by atoms with Gasteiger partial charge in [-0.25, -0.2) is 9.97 Å². The number of rotatable bonds is 14. The van der Waals surface area contributed by atoms with E-state index in [0.29, 0.717) is 33.4 Å². The smallest absolute Gasteiger partial charge is 0.305 e. The highest BCUT2D eigenvalue weighted by Crippen LogP contribution is 2.26. The molecule has 4 N–H and O–H groups in total. The quantitative estimate of drug-likeness (QED) is 0.238. The number of nitrogens with zero attached hydrogens (tertiary/aromatic N) is 4. The van der Waals surface area contributed by atoms with Gasteiger partial charge in [0.15, 0.2) is 0 Å². The van der Waals surface area contributed by atoms with Crippen LogP contribution < -0.4 is 9.80 Å². The summed E-state index contributed by atoms with van der Waals surface area (Å²) >= 11 is 0. The lowest BCUT2D eigenvalue weighted by Crippen LogP contribution is -2.28. The third kappa shape index (κ3) is 7.26. The SMILES string of the molecule is O=C(O)CCN(CCC(=O)O)c1ccc2nc3cc(N(CCC(=O)O)CCC(=O)O)ccc3nc2c1. The zero-order valence-electron chi connectivity index (χ0n) is 19.3. The molecule has 0 aliphatic rings. The van der Waals surface area contributed by atoms with Crippen LogP contribution in [0, 0.1) is 0 Å². The summed E-state index contributed by atoms with van der Waals surface area (Å²) in [5.41, 5.74) is 3.45. The molecule has 0 unspecified atom stereocenters. The molecule has 190 valence electrons. The van der Waals surface area contributed by atoms with Crippen LogP contribution in [0.15, 0.2) is 36.4 Å². The van der Waals surface area contributed by atoms with Crippen LogP contribution in [0.25, 0.3) is 22.1 Å². The van der Waals surface area contributed by atoms with Crippen molar-refractivity contribution >= 4 is 57.3 Å². The van der Waals surface area contributed by atoms with Gasteiger partial charge in [0, 0.05) is 37.6 Å². The second kappa shape index (κ2) is 11.8. The summed E-state index contributed by atoms with van der Waals surface area (Å²) in [5, 5.41) is 36.1. The van der Waals surface area contributed by atoms with E-state index in [1.165, 1.54) is 0 Å². The lowest BCUT2D eigenvalue weighted by atomic mass is 10.2. The molecule has 0 spiro atoms. The summed E-state index contributed by atoms with van der Waals surface area (Å²) in [6.45, 7) is 0.560. The summed E-state index contributed by atoms with van der Waals surface area (Å²) in [5.74, 6) is -3.95. The standard InChI is InChI=1S/C24H26N4O8/c29-21(30)5-9-27(10-6-22(31)32)15-1-3-17-19(13-15)26-18-4-2-16(14-20(18)25-17)28(11-7-23(33)34)12-8-24(35)36/h1-4,13-14H,5-12H2,(H,29,30)(H,31,32)(H,33,34)(H,35,36). The van der Waals surface area contributed by atoms with Gasteiger partial charge in [0.2, 0.25) is 0 Å². The van der Waals surface area contributed by atoms with Crippen LogP contribution >= 0.6 is 0 Å². The first-order valence-electron chi connectivity index (χ1n) is 11.2. The molecule has 0 aliphatic carbocycles. The van der Waals surface area contributed by atoms with Crippen molar-refractivity contribution in [3.63, 3.8) is 0 Å². The molecule has 0 saturated heterocycles. The van der Waals surface area contributed by atoms with Gasteiger partial charge < -0.3 is 30.2 Å². The molecule has 36 heavy (non-hydrogen) atoms. The number of anilines is 2. The van der Waals surface area contributed by atoms with E-state index in [1.807, 2.05) is 0 Å². The maximum Gasteiger partial charge on any atom is 0.305 e. The molecule has 3 rings (SSSR count). The van der Waals surface area contributed by atoms with Crippen molar-refractivity contribution in [1.82, 2.24) is 9.97 Å². The van der Waals surface area contributed by atoms with E-state index in [9.17, 15) is 19.2 Å². The average molecular weight is 498 g/mol. The molecule has 0 radical (unpaired) electrons. The van der Waals surface area contributed by atoms with Gasteiger partial charge in [-0.15, -0.1) is 0 Å². The Balaban J connectivity index is 1.93. The van der Waals surface area contributed by atoms with Gasteiger partial charge in [0.05, 0.1) is 47.8 Å². The molecular weight excluding hydrogens is 472 g/mol. The zero-order valence-corrected chi connectivity index (χ0v) is 19.3. The van der Waals surface area contributed by atoms with Crippen molar-refractivity contribution in [2.75, 3.05) is 36.0 Å². The van der Waals surface area contributed by atoms with Gasteiger partial charge in [-0.2, -0.15) is 0 Å². The van der Waals surface area contributed by atoms with Crippen LogP contribution in [0.5, 0.6) is 0 Å². The Morgan fingerprint density at radius 1 is 0.528 bits per heavy atom. The number of carbonyl (C=O) groups is 4. The third-order valence-electron chi connectivity index (χ3n) is 5.51. The molecule has 0 saturated carbocycles. The Bertz CT molecular complexity index is 1160. The predicted molar refractivity (Wildman–Crippen MR) is 130 cm³/mol. The fourth-order valence-electron chi connectivity index (χ4n) is 3.71. The third-order valence-corrected chi connectivity index (χ3v) is 5.51. The van der Waals surface area contributed by atoms with E-state index in [4.69, 9.17) is 20.4 Å². The molecule has 0 fully saturated rings. The lowest BCUT2D eigenvalue weighted by Gasteiger charge is -2.24. The van der Waals surface area contributed by atoms with E-state index in [2.05, 4.69) is 9.97 Å². The Kier molecular flexibility index (Phi) is 8.55. The van der Waals surface area contributed by atoms with Gasteiger partial charge in [-0.1, -0.05) is 0 Å². The molecule has 3 aromatic rings. The molecular formula is C24H26N4O8. The number of aromatic nitrogens is 2. The van der Waals surface area contributed by atoms with E-state index < -0.39 is 23.9 Å². The summed E-state index contributed by atoms with van der Waals surface area (Å²) < 4.78 is 0. The van der Waals surface area contributed by atoms with Crippen molar-refractivity contribution in [3.8, 4) is 0 Å². The van der Waals surface area contributed by atoms with Gasteiger partial charge >= 0.3 is 23.9 Å². The molecule has 12 heteroatoms. The second-order valence-electron chi connectivity index (χ2n) is 8.12. The fraction of sp³-hybridized carbons (Fsp3) is 0.333. The monoisotopic (exact) mass is 498 g/mol. The van der Waals surface area contributed by atoms with Crippen LogP contribution in [-0.2, 0) is 19.2 Å². The largest absolute Gasteiger partial charge is 0.481 e. The average Bonchev–Trinajstić information content (AvgIpc) is 2.81. The van der Waals surface area contributed by atoms with Gasteiger partial charge in [-0.3, -0.25) is 19.2 Å². The van der Waals surface area contributed by atoms with Crippen molar-refractivity contribution < 1.29 is 39.6 Å². The Hall–Kier alpha value is -4.48. The maximum atomic E-state index is 11.0. The van der Waals surface area contributed by atoms with Crippen molar-refractivity contribution in [2.45, 2.75) is 25.7 Å². The van der Waals surface area contributed by atoms with E-state index in [-0.39, 0.29) is 51.9 Å². The first-order valence-corrected chi connectivity index (χ1v) is 11.2. The predicted octanol–water partition coefficient (Wildman–Crippen LogP) is 2.29. The fourth-order valence-corrected chi connectivity index (χ4v) is 3.71. The number of carboxylic acids is 4. The molecule has 0 bridgehead atoms. The molecule has 1 aromatic heterocycles. The first-order chi connectivity index (χ1) is 17.1. The number of carboxylic acid groups (broad SMARTS) is 4. The van der Waals surface area contributed by atoms with E-state index >= 15 is 0 Å². The number of aliphatic carboxylic acids is 4. The minimum absolute atomic E-state index is 0.140. The minimum atomic E-state index is -0.988. The lowest BCUT2D eigenvalue weighted by molar-refractivity contribution is -0.138. The number of benzene rings is 2. The van der Waals surface area contributed by atoms with Crippen molar-refractivity contribution in [1.29, 1.82) is 0 Å². The van der Waals surface area contributed by atoms with E-state index in [1.54, 1.807) is 46.2 Å². The number of fused-ring (bicyclic) bond motifs is 2. The van der Waals surface area contributed by atoms with Crippen molar-refractivity contribution in [2.24, 2.45) is 0 Å². The minimum Gasteiger partial charge on any atom is -0.481 e. The number of hydrogen-bond acceptors (Lipinski definition) is 8. The van der Waals surface area contributed by atoms with Crippen LogP contribution in [0.1, 0.15) is 25.7 Å². The molecule has 12 nitrogen and oxygen atoms in total. The topological polar surface area (TPSA) is 181 Å². The van der Waals surface area contributed by atoms with Crippen LogP contribution in [0.3, 0.4) is 0 Å². The van der Waals surface area contributed by atoms with Crippen LogP contribution in [-0.4, -0.2) is 80.5 Å². The van der Waals surface area contributed by atoms with E-state index in [0.717, 1.165) is 0 Å². The summed E-state index contributed by atoms with van der Waals surface area (Å²) in [4.78, 5) is 56.7. The second-order valence-corrected chi connectivity index (χ2v) is 8.12. The highest BCUT2D eigenvalue weighted by atomic mass is 16.4. The molecule has 1 heterocycles. The van der Waals surface area contributed by atoms with Crippen molar-refractivity contribution in [3.05, 3.63) is 36.4 Å². The van der Waals surface area contributed by atoms with Gasteiger partial charge in [-0.05, 0) is 36.4 Å². The molecule has 0 atom stereocenters. The summed E-state index contributed by atoms with van der Waals surface area (Å²) in [6.07, 6.45) is -0.595. The molecule has 0 aliphatic heterocycles. The summed E-state index contributed by atoms with van der Waals surface area (Å²) in [6, 6.07) is 10.3. The van der Waals surface area contributed by atoms with Gasteiger partial charge in [0.25, 0.3) is 0 Å². The maximum absolute atomic E-state index is 11.0. The van der Waals surface area contributed by atoms with Crippen LogP contribution in [0.4, 0.5) is 11.4 Å². The van der Waals surface area contributed by atoms with Crippen LogP contribution in [0.2, 0.25) is 0 Å². The zero-order chi connectivity index (χ0) is 26.2. The molecule has 0 amide bonds. The highest BCUT2D eigenvalue weighted by molar-refractivity contribution is 5.89. The highest BCUT2D eigenvalue weighted by Gasteiger charge is 2.15. The Labute approximate surface area is 205 Å². The Morgan fingerprint density at radius 2 is 0.833 bits per heavy atom. The molecule has 2 aromatic carbocycles. The normalized spacial score (nSPS) is 10.9. The number of hydrogen-bond donors (Lipinski definition) is 4. The summed E-state index contributed by atoms with van der Waals surface area (Å²) in [7, 11) is 0. The van der Waals surface area contributed by atoms with Gasteiger partial charge in [0.1, 0.15) is 0 Å². The Morgan fingerprint density at radius 3 is 1.11 bits per heavy atom.